The van der Waals surface area contributed by atoms with E-state index in [9.17, 15) is 18.7 Å². The largest absolute Gasteiger partial charge is 0.478 e. The van der Waals surface area contributed by atoms with Crippen LogP contribution in [0.2, 0.25) is 0 Å². The summed E-state index contributed by atoms with van der Waals surface area (Å²) in [4.78, 5) is 51.1. The molecule has 4 N–H and O–H groups in total. The molecule has 27 heteroatoms. The van der Waals surface area contributed by atoms with Crippen LogP contribution in [0.5, 0.6) is 0 Å². The number of halogens is 2. The van der Waals surface area contributed by atoms with Crippen molar-refractivity contribution >= 4 is 61.3 Å². The highest BCUT2D eigenvalue weighted by Gasteiger charge is 2.55. The molecule has 0 spiro atoms. The van der Waals surface area contributed by atoms with Crippen LogP contribution in [-0.2, 0) is 60.3 Å². The molecule has 4 fully saturated rings. The molecule has 3 aliphatic heterocycles. The van der Waals surface area contributed by atoms with Crippen molar-refractivity contribution < 1.29 is 69.1 Å². The van der Waals surface area contributed by atoms with E-state index in [1.807, 2.05) is 0 Å². The Hall–Kier alpha value is -4.58. The summed E-state index contributed by atoms with van der Waals surface area (Å²) in [6, 6.07) is 0. The van der Waals surface area contributed by atoms with Crippen LogP contribution in [0.25, 0.3) is 22.3 Å². The summed E-state index contributed by atoms with van der Waals surface area (Å²) in [6.45, 7) is 0.797. The molecule has 2 aliphatic carbocycles. The highest BCUT2D eigenvalue weighted by Crippen LogP contribution is 2.58. The highest BCUT2D eigenvalue weighted by molar-refractivity contribution is 7.57. The van der Waals surface area contributed by atoms with Crippen LogP contribution < -0.4 is 11.5 Å². The van der Waals surface area contributed by atoms with Gasteiger partial charge in [-0.25, -0.2) is 47.8 Å². The van der Waals surface area contributed by atoms with Gasteiger partial charge in [0.05, 0.1) is 30.1 Å². The second-order valence-corrected chi connectivity index (χ2v) is 20.9. The Morgan fingerprint density at radius 2 is 1.24 bits per heavy atom. The first kappa shape index (κ1) is 46.5. The number of hydrogen-bond donors (Lipinski definition) is 2. The minimum atomic E-state index is -5.10. The molecule has 4 aromatic heterocycles. The lowest BCUT2D eigenvalue weighted by atomic mass is 9.76. The number of nitrogens with zero attached hydrogens (tertiary/aromatic N) is 8. The predicted octanol–water partition coefficient (Wildman–Crippen LogP) is 5.89. The fourth-order valence-corrected chi connectivity index (χ4v) is 11.7. The quantitative estimate of drug-likeness (QED) is 0.106. The smallest absolute Gasteiger partial charge is 0.438 e. The molecule has 66 heavy (non-hydrogen) atoms. The van der Waals surface area contributed by atoms with E-state index in [1.54, 1.807) is 13.8 Å². The Labute approximate surface area is 375 Å². The Bertz CT molecular complexity index is 2580. The maximum Gasteiger partial charge on any atom is 0.478 e. The zero-order chi connectivity index (χ0) is 46.4. The molecular formula is C39H50F2N10O13P2. The van der Waals surface area contributed by atoms with Gasteiger partial charge in [0.25, 0.3) is 0 Å². The molecule has 358 valence electrons. The van der Waals surface area contributed by atoms with Gasteiger partial charge in [0.2, 0.25) is 13.6 Å². The van der Waals surface area contributed by atoms with E-state index >= 15 is 8.78 Å². The molecule has 2 unspecified atom stereocenters. The average Bonchev–Trinajstić information content (AvgIpc) is 4.07. The number of carbonyl (C=O) groups is 2. The number of ether oxygens (including phenoxy) is 4. The Morgan fingerprint density at radius 3 is 1.80 bits per heavy atom. The summed E-state index contributed by atoms with van der Waals surface area (Å²) in [5, 5.41) is 0. The SMILES string of the molecule is CC1(C(=O)OCOP2(=O)/C=C\[C@H]3O[C@@H](n4cnc5c(N)ncnc54)[C@H](F)[C@@H]3OP(=O)(OCOC(=O)C3(C)CCCCC3)OC[C@H]3O[C@@H](n4cnc5c(N)ncnc54)[C@H](F)[C@@H]3O2)CCCCC1. The number of rotatable bonds is 10. The Balaban J connectivity index is 1.06. The van der Waals surface area contributed by atoms with Crippen LogP contribution in [0.3, 0.4) is 0 Å². The minimum absolute atomic E-state index is 0.00822. The third-order valence-corrected chi connectivity index (χ3v) is 15.8. The van der Waals surface area contributed by atoms with Crippen molar-refractivity contribution in [2.24, 2.45) is 10.8 Å². The van der Waals surface area contributed by atoms with Crippen molar-refractivity contribution in [3.63, 3.8) is 0 Å². The Kier molecular flexibility index (Phi) is 13.0. The molecular weight excluding hydrogens is 916 g/mol. The van der Waals surface area contributed by atoms with Crippen molar-refractivity contribution in [2.75, 3.05) is 31.7 Å². The van der Waals surface area contributed by atoms with Crippen LogP contribution in [0, 0.1) is 10.8 Å². The summed E-state index contributed by atoms with van der Waals surface area (Å²) < 4.78 is 118. The molecule has 2 saturated heterocycles. The van der Waals surface area contributed by atoms with Gasteiger partial charge in [0.1, 0.15) is 48.1 Å². The average molecular weight is 967 g/mol. The van der Waals surface area contributed by atoms with Gasteiger partial charge >= 0.3 is 27.4 Å². The number of esters is 2. The lowest BCUT2D eigenvalue weighted by molar-refractivity contribution is -0.165. The molecule has 2 saturated carbocycles. The van der Waals surface area contributed by atoms with E-state index in [2.05, 4.69) is 29.9 Å². The second kappa shape index (κ2) is 18.5. The van der Waals surface area contributed by atoms with Crippen LogP contribution in [0.1, 0.15) is 90.5 Å². The monoisotopic (exact) mass is 966 g/mol. The molecule has 0 amide bonds. The maximum absolute atomic E-state index is 17.1. The second-order valence-electron chi connectivity index (χ2n) is 17.5. The van der Waals surface area contributed by atoms with Gasteiger partial charge < -0.3 is 30.4 Å². The predicted molar refractivity (Wildman–Crippen MR) is 224 cm³/mol. The maximum atomic E-state index is 17.1. The number of hydrogen-bond acceptors (Lipinski definition) is 21. The number of carbonyl (C=O) groups excluding carboxylic acids is 2. The molecule has 4 aromatic rings. The lowest BCUT2D eigenvalue weighted by Gasteiger charge is -2.31. The molecule has 0 bridgehead atoms. The van der Waals surface area contributed by atoms with E-state index in [4.69, 9.17) is 53.0 Å². The van der Waals surface area contributed by atoms with Gasteiger partial charge in [-0.2, -0.15) is 0 Å². The van der Waals surface area contributed by atoms with Crippen LogP contribution in [-0.4, -0.2) is 108 Å². The van der Waals surface area contributed by atoms with Gasteiger partial charge in [0, 0.05) is 5.82 Å². The number of fused-ring (bicyclic) bond motifs is 4. The van der Waals surface area contributed by atoms with Crippen LogP contribution >= 0.6 is 15.4 Å². The highest BCUT2D eigenvalue weighted by atomic mass is 31.2. The summed E-state index contributed by atoms with van der Waals surface area (Å²) in [5.41, 5.74) is 10.7. The molecule has 23 nitrogen and oxygen atoms in total. The van der Waals surface area contributed by atoms with Gasteiger partial charge in [0.15, 0.2) is 47.7 Å². The molecule has 7 heterocycles. The van der Waals surface area contributed by atoms with E-state index < -0.39 is 108 Å². The fraction of sp³-hybridized carbons (Fsp3) is 0.641. The third kappa shape index (κ3) is 9.08. The first-order chi connectivity index (χ1) is 31.6. The van der Waals surface area contributed by atoms with Gasteiger partial charge in [-0.05, 0) is 45.6 Å². The van der Waals surface area contributed by atoms with Crippen molar-refractivity contribution in [2.45, 2.75) is 127 Å². The van der Waals surface area contributed by atoms with E-state index in [-0.39, 0.29) is 34.0 Å². The van der Waals surface area contributed by atoms with Gasteiger partial charge in [-0.15, -0.1) is 0 Å². The fourth-order valence-electron chi connectivity index (χ4n) is 9.04. The summed E-state index contributed by atoms with van der Waals surface area (Å²) in [7, 11) is -9.90. The summed E-state index contributed by atoms with van der Waals surface area (Å²) in [6.07, 6.45) is -1.58. The lowest BCUT2D eigenvalue weighted by Crippen LogP contribution is -2.36. The standard InChI is InChI=1S/C39H50F2N10O13P2/c1-38(10-5-3-6-11-38)36(52)56-20-59-65(54)14-9-22-28(24(40)34(61-22)50-18-48-26-30(42)44-16-46-32(26)50)64-66(55,60-21-57-37(53)39(2)12-7-4-8-13-39)58-15-23-29(63-65)25(41)35(62-23)51-19-49-27-31(43)45-17-47-33(27)51/h9,14,16-19,22-25,28-29,34-35H,3-8,10-13,15,20-21H2,1-2H3,(H2,42,44,46)(H2,43,45,47)/b14-9-/t22-,23-,24-,25-,28-,29-,34-,35-,65?,66?/m1/s1. The number of phosphoric acid groups is 1. The summed E-state index contributed by atoms with van der Waals surface area (Å²) >= 11 is 0. The summed E-state index contributed by atoms with van der Waals surface area (Å²) in [5.74, 6) is -0.366. The zero-order valence-electron chi connectivity index (χ0n) is 36.0. The van der Waals surface area contributed by atoms with Crippen molar-refractivity contribution in [1.82, 2.24) is 39.0 Å². The molecule has 9 rings (SSSR count). The Morgan fingerprint density at radius 1 is 0.727 bits per heavy atom. The van der Waals surface area contributed by atoms with Gasteiger partial charge in [-0.1, -0.05) is 38.5 Å². The number of anilines is 2. The molecule has 0 radical (unpaired) electrons. The van der Waals surface area contributed by atoms with Gasteiger partial charge in [-0.3, -0.25) is 41.4 Å². The molecule has 5 aliphatic rings. The van der Waals surface area contributed by atoms with Crippen molar-refractivity contribution in [3.8, 4) is 0 Å². The first-order valence-electron chi connectivity index (χ1n) is 21.6. The normalized spacial score (nSPS) is 33.9. The van der Waals surface area contributed by atoms with Crippen LogP contribution in [0.4, 0.5) is 20.4 Å². The van der Waals surface area contributed by atoms with Crippen molar-refractivity contribution in [1.29, 1.82) is 0 Å². The number of imidazole rings is 2. The van der Waals surface area contributed by atoms with E-state index in [1.165, 1.54) is 21.8 Å². The van der Waals surface area contributed by atoms with Crippen LogP contribution in [0.15, 0.2) is 37.2 Å². The van der Waals surface area contributed by atoms with E-state index in [0.717, 1.165) is 63.1 Å². The zero-order valence-corrected chi connectivity index (χ0v) is 37.8. The third-order valence-electron chi connectivity index (χ3n) is 12.9. The minimum Gasteiger partial charge on any atom is -0.438 e. The topological polar surface area (TPSA) is 291 Å². The van der Waals surface area contributed by atoms with Crippen molar-refractivity contribution in [3.05, 3.63) is 37.2 Å². The number of nitrogen functional groups attached to an aromatic ring is 2. The molecule has 0 aromatic carbocycles. The molecule has 10 atom stereocenters. The number of phosphoric ester groups is 1. The first-order valence-corrected chi connectivity index (χ1v) is 24.7. The number of nitrogens with two attached hydrogens (primary N) is 2. The van der Waals surface area contributed by atoms with E-state index in [0.29, 0.717) is 25.7 Å². The number of aromatic nitrogens is 8. The number of alkyl halides is 2.